The highest BCUT2D eigenvalue weighted by Crippen LogP contribution is 2.28. The quantitative estimate of drug-likeness (QED) is 0.849. The van der Waals surface area contributed by atoms with Crippen LogP contribution in [0.4, 0.5) is 16.2 Å². The number of anilines is 2. The number of nitrogens with two attached hydrogens (primary N) is 1. The fourth-order valence-corrected chi connectivity index (χ4v) is 1.99. The van der Waals surface area contributed by atoms with Crippen LogP contribution in [0.15, 0.2) is 30.5 Å². The monoisotopic (exact) mass is 302 g/mol. The van der Waals surface area contributed by atoms with Crippen LogP contribution in [-0.2, 0) is 4.74 Å². The number of carbonyl (C=O) groups is 1. The number of rotatable bonds is 3. The molecule has 0 radical (unpaired) electrons. The molecule has 2 aromatic rings. The maximum absolute atomic E-state index is 12.2. The second-order valence-corrected chi connectivity index (χ2v) is 5.94. The second kappa shape index (κ2) is 6.09. The van der Waals surface area contributed by atoms with Crippen molar-refractivity contribution in [1.82, 2.24) is 9.99 Å². The first kappa shape index (κ1) is 15.9. The van der Waals surface area contributed by atoms with E-state index in [1.165, 1.54) is 5.01 Å². The first-order valence-corrected chi connectivity index (χ1v) is 7.22. The predicted molar refractivity (Wildman–Crippen MR) is 88.4 cm³/mol. The van der Waals surface area contributed by atoms with Crippen LogP contribution in [0.5, 0.6) is 0 Å². The van der Waals surface area contributed by atoms with Gasteiger partial charge in [-0.2, -0.15) is 0 Å². The lowest BCUT2D eigenvalue weighted by atomic mass is 10.2. The minimum atomic E-state index is -0.558. The van der Waals surface area contributed by atoms with E-state index in [2.05, 4.69) is 10.4 Å². The zero-order chi connectivity index (χ0) is 16.3. The molecule has 118 valence electrons. The number of nitrogen functional groups attached to an aromatic ring is 1. The second-order valence-electron chi connectivity index (χ2n) is 5.94. The van der Waals surface area contributed by atoms with Crippen molar-refractivity contribution < 1.29 is 9.53 Å². The summed E-state index contributed by atoms with van der Waals surface area (Å²) in [5, 5.41) is 2.24. The minimum absolute atomic E-state index is 0.436. The van der Waals surface area contributed by atoms with Crippen molar-refractivity contribution in [2.75, 3.05) is 17.7 Å². The molecule has 3 N–H and O–H groups in total. The van der Waals surface area contributed by atoms with Crippen molar-refractivity contribution in [2.45, 2.75) is 33.3 Å². The molecule has 6 nitrogen and oxygen atoms in total. The maximum atomic E-state index is 12.2. The van der Waals surface area contributed by atoms with Crippen molar-refractivity contribution in [3.63, 3.8) is 0 Å². The Hall–Kier alpha value is -2.50. The summed E-state index contributed by atoms with van der Waals surface area (Å²) in [7, 11) is 0. The van der Waals surface area contributed by atoms with Crippen LogP contribution in [0.1, 0.15) is 27.7 Å². The molecule has 22 heavy (non-hydrogen) atoms. The molecule has 2 rings (SSSR count). The highest BCUT2D eigenvalue weighted by atomic mass is 16.6. The minimum Gasteiger partial charge on any atom is -0.442 e. The molecule has 1 aromatic carbocycles. The van der Waals surface area contributed by atoms with Crippen LogP contribution < -0.4 is 11.2 Å². The molecule has 0 unspecified atom stereocenters. The Kier molecular flexibility index (Phi) is 4.40. The maximum Gasteiger partial charge on any atom is 0.429 e. The van der Waals surface area contributed by atoms with Crippen molar-refractivity contribution in [3.05, 3.63) is 30.5 Å². The highest BCUT2D eigenvalue weighted by molar-refractivity contribution is 5.97. The number of pyridine rings is 1. The Morgan fingerprint density at radius 1 is 1.36 bits per heavy atom. The van der Waals surface area contributed by atoms with Crippen molar-refractivity contribution in [1.29, 1.82) is 0 Å². The van der Waals surface area contributed by atoms with Crippen LogP contribution >= 0.6 is 0 Å². The molecular formula is C16H22N4O2. The van der Waals surface area contributed by atoms with E-state index >= 15 is 0 Å². The van der Waals surface area contributed by atoms with Crippen LogP contribution in [0.3, 0.4) is 0 Å². The van der Waals surface area contributed by atoms with Crippen molar-refractivity contribution >= 4 is 28.4 Å². The molecule has 0 aliphatic heterocycles. The van der Waals surface area contributed by atoms with Gasteiger partial charge in [0.15, 0.2) is 0 Å². The van der Waals surface area contributed by atoms with E-state index in [4.69, 9.17) is 10.5 Å². The van der Waals surface area contributed by atoms with E-state index in [1.54, 1.807) is 6.20 Å². The number of para-hydroxylation sites is 1. The Morgan fingerprint density at radius 3 is 2.68 bits per heavy atom. The number of nitrogens with one attached hydrogen (secondary N) is 1. The molecule has 0 aliphatic carbocycles. The Morgan fingerprint density at radius 2 is 2.05 bits per heavy atom. The summed E-state index contributed by atoms with van der Waals surface area (Å²) in [5.41, 5.74) is 10.4. The smallest absolute Gasteiger partial charge is 0.429 e. The zero-order valence-corrected chi connectivity index (χ0v) is 13.4. The average molecular weight is 302 g/mol. The molecule has 0 aliphatic rings. The summed E-state index contributed by atoms with van der Waals surface area (Å²) in [6.45, 7) is 7.78. The van der Waals surface area contributed by atoms with Gasteiger partial charge in [0.2, 0.25) is 0 Å². The lowest BCUT2D eigenvalue weighted by Crippen LogP contribution is -2.40. The number of hydrazine groups is 1. The standard InChI is InChI=1S/C16H22N4O2/c1-5-20(15(21)22-16(2,3)4)19-14-11-8-6-7-9-13(11)18-10-12(14)17/h6-10H,5,17H2,1-4H3,(H,18,19). The van der Waals surface area contributed by atoms with Gasteiger partial charge in [-0.05, 0) is 33.8 Å². The van der Waals surface area contributed by atoms with Crippen LogP contribution in [-0.4, -0.2) is 28.2 Å². The Balaban J connectivity index is 2.32. The van der Waals surface area contributed by atoms with Gasteiger partial charge in [0.05, 0.1) is 23.1 Å². The normalized spacial score (nSPS) is 11.3. The number of hydrogen-bond donors (Lipinski definition) is 2. The van der Waals surface area contributed by atoms with E-state index in [9.17, 15) is 4.79 Å². The third-order valence-corrected chi connectivity index (χ3v) is 2.98. The number of ether oxygens (including phenoxy) is 1. The van der Waals surface area contributed by atoms with Gasteiger partial charge in [0.25, 0.3) is 0 Å². The number of carbonyl (C=O) groups excluding carboxylic acids is 1. The Bertz CT molecular complexity index is 679. The van der Waals surface area contributed by atoms with Gasteiger partial charge in [-0.3, -0.25) is 10.4 Å². The lowest BCUT2D eigenvalue weighted by Gasteiger charge is -2.28. The van der Waals surface area contributed by atoms with E-state index in [-0.39, 0.29) is 0 Å². The molecule has 0 bridgehead atoms. The molecule has 1 heterocycles. The summed E-state index contributed by atoms with van der Waals surface area (Å²) < 4.78 is 5.38. The molecule has 0 saturated heterocycles. The molecule has 0 atom stereocenters. The number of benzene rings is 1. The number of nitrogens with zero attached hydrogens (tertiary/aromatic N) is 2. The third-order valence-electron chi connectivity index (χ3n) is 2.98. The fraction of sp³-hybridized carbons (Fsp3) is 0.375. The van der Waals surface area contributed by atoms with Crippen LogP contribution in [0.2, 0.25) is 0 Å². The third kappa shape index (κ3) is 3.58. The summed E-state index contributed by atoms with van der Waals surface area (Å²) in [4.78, 5) is 16.5. The van der Waals surface area contributed by atoms with Crippen LogP contribution in [0.25, 0.3) is 10.9 Å². The average Bonchev–Trinajstić information content (AvgIpc) is 2.44. The molecule has 1 aromatic heterocycles. The molecular weight excluding hydrogens is 280 g/mol. The fourth-order valence-electron chi connectivity index (χ4n) is 1.99. The molecule has 0 fully saturated rings. The van der Waals surface area contributed by atoms with Crippen molar-refractivity contribution in [3.8, 4) is 0 Å². The van der Waals surface area contributed by atoms with E-state index in [0.717, 1.165) is 10.9 Å². The molecule has 0 saturated carbocycles. The van der Waals surface area contributed by atoms with Gasteiger partial charge in [-0.25, -0.2) is 9.80 Å². The van der Waals surface area contributed by atoms with E-state index < -0.39 is 11.7 Å². The first-order chi connectivity index (χ1) is 10.3. The van der Waals surface area contributed by atoms with Gasteiger partial charge in [0.1, 0.15) is 5.60 Å². The summed E-state index contributed by atoms with van der Waals surface area (Å²) >= 11 is 0. The predicted octanol–water partition coefficient (Wildman–Crippen LogP) is 3.40. The number of hydrogen-bond acceptors (Lipinski definition) is 5. The van der Waals surface area contributed by atoms with Crippen LogP contribution in [0, 0.1) is 0 Å². The molecule has 1 amide bonds. The zero-order valence-electron chi connectivity index (χ0n) is 13.4. The van der Waals surface area contributed by atoms with Gasteiger partial charge in [0, 0.05) is 11.9 Å². The number of aromatic nitrogens is 1. The molecule has 6 heteroatoms. The topological polar surface area (TPSA) is 80.5 Å². The molecule has 0 spiro atoms. The van der Waals surface area contributed by atoms with E-state index in [1.807, 2.05) is 52.0 Å². The summed E-state index contributed by atoms with van der Waals surface area (Å²) in [6.07, 6.45) is 1.13. The highest BCUT2D eigenvalue weighted by Gasteiger charge is 2.22. The van der Waals surface area contributed by atoms with Gasteiger partial charge in [-0.15, -0.1) is 0 Å². The van der Waals surface area contributed by atoms with E-state index in [0.29, 0.717) is 17.9 Å². The number of amides is 1. The number of fused-ring (bicyclic) bond motifs is 1. The largest absolute Gasteiger partial charge is 0.442 e. The summed E-state index contributed by atoms with van der Waals surface area (Å²) in [5.74, 6) is 0. The Labute approximate surface area is 130 Å². The lowest BCUT2D eigenvalue weighted by molar-refractivity contribution is 0.0306. The summed E-state index contributed by atoms with van der Waals surface area (Å²) in [6, 6.07) is 7.60. The SMILES string of the molecule is CCN(Nc1c(N)cnc2ccccc12)C(=O)OC(C)(C)C. The van der Waals surface area contributed by atoms with Gasteiger partial charge in [-0.1, -0.05) is 18.2 Å². The van der Waals surface area contributed by atoms with Gasteiger partial charge < -0.3 is 10.5 Å². The first-order valence-electron chi connectivity index (χ1n) is 7.22. The van der Waals surface area contributed by atoms with Crippen molar-refractivity contribution in [2.24, 2.45) is 0 Å². The van der Waals surface area contributed by atoms with Gasteiger partial charge >= 0.3 is 6.09 Å².